The molecule has 0 radical (unpaired) electrons. The number of rotatable bonds is 3. The summed E-state index contributed by atoms with van der Waals surface area (Å²) >= 11 is 0. The van der Waals surface area contributed by atoms with Gasteiger partial charge in [-0.05, 0) is 97.7 Å². The monoisotopic (exact) mass is 574 g/mol. The van der Waals surface area contributed by atoms with Gasteiger partial charge in [0.2, 0.25) is 0 Å². The van der Waals surface area contributed by atoms with E-state index in [-0.39, 0.29) is 16.9 Å². The van der Waals surface area contributed by atoms with E-state index in [4.69, 9.17) is 5.73 Å². The van der Waals surface area contributed by atoms with Crippen molar-refractivity contribution in [1.29, 1.82) is 0 Å². The van der Waals surface area contributed by atoms with Gasteiger partial charge in [-0.15, -0.1) is 0 Å². The molecule has 9 unspecified atom stereocenters. The maximum atomic E-state index is 16.0. The quantitative estimate of drug-likeness (QED) is 0.474. The Bertz CT molecular complexity index is 1600. The smallest absolute Gasteiger partial charge is 0.153 e. The molecular weight excluding hydrogens is 528 g/mol. The molecule has 6 heterocycles. The lowest BCUT2D eigenvalue weighted by atomic mass is 9.45. The Morgan fingerprint density at radius 1 is 0.837 bits per heavy atom. The zero-order valence-corrected chi connectivity index (χ0v) is 25.9. The van der Waals surface area contributed by atoms with Crippen molar-refractivity contribution >= 4 is 17.2 Å². The summed E-state index contributed by atoms with van der Waals surface area (Å²) in [5, 5.41) is 0. The first kappa shape index (κ1) is 25.7. The summed E-state index contributed by atoms with van der Waals surface area (Å²) in [6, 6.07) is 18.7. The van der Waals surface area contributed by atoms with Gasteiger partial charge in [0.05, 0.1) is 16.2 Å². The van der Waals surface area contributed by atoms with Crippen LogP contribution in [0.25, 0.3) is 0 Å². The van der Waals surface area contributed by atoms with Crippen LogP contribution >= 0.6 is 0 Å². The highest BCUT2D eigenvalue weighted by atomic mass is 16.1. The van der Waals surface area contributed by atoms with E-state index in [0.29, 0.717) is 35.5 Å². The van der Waals surface area contributed by atoms with Gasteiger partial charge in [-0.25, -0.2) is 0 Å². The van der Waals surface area contributed by atoms with Gasteiger partial charge >= 0.3 is 0 Å². The number of anilines is 2. The largest absolute Gasteiger partial charge is 0.398 e. The van der Waals surface area contributed by atoms with Gasteiger partial charge in [0.15, 0.2) is 5.78 Å². The molecule has 4 bridgehead atoms. The topological polar surface area (TPSA) is 52.8 Å². The van der Waals surface area contributed by atoms with Crippen molar-refractivity contribution in [3.63, 3.8) is 0 Å². The number of para-hydroxylation sites is 2. The number of nitrogen functional groups attached to an aromatic ring is 1. The molecule has 10 rings (SSSR count). The number of allylic oxidation sites excluding steroid dienone is 1. The van der Waals surface area contributed by atoms with Crippen LogP contribution in [0.1, 0.15) is 69.9 Å². The Hall–Kier alpha value is -2.63. The van der Waals surface area contributed by atoms with Crippen molar-refractivity contribution in [2.45, 2.75) is 81.7 Å². The van der Waals surface area contributed by atoms with Crippen molar-refractivity contribution in [2.24, 2.45) is 29.1 Å². The summed E-state index contributed by atoms with van der Waals surface area (Å²) < 4.78 is 0. The molecule has 2 aromatic rings. The van der Waals surface area contributed by atoms with E-state index in [1.165, 1.54) is 38.0 Å². The molecule has 43 heavy (non-hydrogen) atoms. The maximum Gasteiger partial charge on any atom is 0.153 e. The zero-order valence-electron chi connectivity index (χ0n) is 25.9. The van der Waals surface area contributed by atoms with Crippen molar-refractivity contribution < 1.29 is 4.79 Å². The minimum Gasteiger partial charge on any atom is -0.398 e. The predicted octanol–water partition coefficient (Wildman–Crippen LogP) is 5.75. The average Bonchev–Trinajstić information content (AvgIpc) is 3.72. The van der Waals surface area contributed by atoms with E-state index in [2.05, 4.69) is 64.9 Å². The summed E-state index contributed by atoms with van der Waals surface area (Å²) in [5.41, 5.74) is 14.3. The van der Waals surface area contributed by atoms with E-state index in [1.807, 2.05) is 12.1 Å². The molecule has 5 heteroatoms. The van der Waals surface area contributed by atoms with Crippen LogP contribution in [0.15, 0.2) is 59.8 Å². The van der Waals surface area contributed by atoms with Gasteiger partial charge < -0.3 is 10.6 Å². The lowest BCUT2D eigenvalue weighted by Crippen LogP contribution is -2.70. The lowest BCUT2D eigenvalue weighted by Gasteiger charge is -2.63. The number of nitrogens with two attached hydrogens (primary N) is 1. The predicted molar refractivity (Wildman–Crippen MR) is 171 cm³/mol. The number of benzene rings is 2. The molecule has 6 aliphatic heterocycles. The lowest BCUT2D eigenvalue weighted by molar-refractivity contribution is -0.153. The summed E-state index contributed by atoms with van der Waals surface area (Å²) in [7, 11) is 0. The maximum absolute atomic E-state index is 16.0. The van der Waals surface area contributed by atoms with Gasteiger partial charge in [-0.1, -0.05) is 63.1 Å². The highest BCUT2D eigenvalue weighted by Gasteiger charge is 2.73. The van der Waals surface area contributed by atoms with E-state index in [1.54, 1.807) is 16.8 Å². The molecular formula is C38H46N4O. The minimum atomic E-state index is -0.492. The number of carbonyl (C=O) groups excluding carboxylic acids is 1. The minimum absolute atomic E-state index is 0.116. The van der Waals surface area contributed by atoms with Crippen molar-refractivity contribution in [3.05, 3.63) is 70.9 Å². The molecule has 5 nitrogen and oxygen atoms in total. The van der Waals surface area contributed by atoms with E-state index >= 15 is 4.79 Å². The molecule has 2 spiro atoms. The summed E-state index contributed by atoms with van der Waals surface area (Å²) in [4.78, 5) is 24.3. The van der Waals surface area contributed by atoms with Crippen LogP contribution in [0.5, 0.6) is 0 Å². The first-order chi connectivity index (χ1) is 21.0. The van der Waals surface area contributed by atoms with E-state index in [0.717, 1.165) is 56.6 Å². The standard InChI is InChI=1S/C38H46N4O/c1-3-23-20-40-15-13-37-28-10-6-8-12-31(28)42-22-36(19-26(34(37)42)25(23)17-32(37)40)29-18-33-38(35(36)43,27-9-5-7-11-30(27)39)14-16-41(33)21-24(29)4-2/h5-12,23-25,29,32-33H,3-4,13-22,39H2,1-2H3. The van der Waals surface area contributed by atoms with Crippen LogP contribution in [-0.2, 0) is 15.6 Å². The molecule has 2 aromatic carbocycles. The first-order valence-corrected chi connectivity index (χ1v) is 17.5. The summed E-state index contributed by atoms with van der Waals surface area (Å²) in [6.07, 6.45) is 7.95. The first-order valence-electron chi connectivity index (χ1n) is 17.5. The highest BCUT2D eigenvalue weighted by Crippen LogP contribution is 2.70. The molecule has 0 aromatic heterocycles. The third kappa shape index (κ3) is 2.75. The molecule has 5 fully saturated rings. The Morgan fingerprint density at radius 3 is 2.28 bits per heavy atom. The number of hydrogen-bond donors (Lipinski definition) is 1. The summed E-state index contributed by atoms with van der Waals surface area (Å²) in [6.45, 7) is 10.3. The Labute approximate surface area is 256 Å². The summed E-state index contributed by atoms with van der Waals surface area (Å²) in [5.74, 6) is 2.85. The van der Waals surface area contributed by atoms with Crippen LogP contribution in [-0.4, -0.2) is 60.4 Å². The van der Waals surface area contributed by atoms with Crippen molar-refractivity contribution in [3.8, 4) is 0 Å². The van der Waals surface area contributed by atoms with Crippen LogP contribution in [0.2, 0.25) is 0 Å². The van der Waals surface area contributed by atoms with E-state index < -0.39 is 5.41 Å². The van der Waals surface area contributed by atoms with Crippen LogP contribution < -0.4 is 10.6 Å². The molecule has 2 aliphatic carbocycles. The van der Waals surface area contributed by atoms with Crippen LogP contribution in [0.4, 0.5) is 11.4 Å². The Balaban J connectivity index is 1.23. The molecule has 224 valence electrons. The second kappa shape index (κ2) is 8.34. The van der Waals surface area contributed by atoms with Crippen LogP contribution in [0.3, 0.4) is 0 Å². The molecule has 0 amide bonds. The Kier molecular flexibility index (Phi) is 4.98. The number of nitrogens with zero attached hydrogens (tertiary/aromatic N) is 3. The third-order valence-electron chi connectivity index (χ3n) is 14.8. The molecule has 1 saturated carbocycles. The van der Waals surface area contributed by atoms with Gasteiger partial charge in [0, 0.05) is 48.8 Å². The molecule has 9 atom stereocenters. The number of fused-ring (bicyclic) bond motifs is 6. The number of Topliss-reactive ketones (excluding diaryl/α,β-unsaturated/α-hetero) is 1. The number of carbonyl (C=O) groups is 1. The Morgan fingerprint density at radius 2 is 1.51 bits per heavy atom. The van der Waals surface area contributed by atoms with Gasteiger partial charge in [0.1, 0.15) is 0 Å². The number of ketones is 1. The van der Waals surface area contributed by atoms with Gasteiger partial charge in [-0.2, -0.15) is 0 Å². The highest BCUT2D eigenvalue weighted by molar-refractivity contribution is 6.00. The third-order valence-corrected chi connectivity index (χ3v) is 14.8. The second-order valence-corrected chi connectivity index (χ2v) is 15.7. The van der Waals surface area contributed by atoms with Crippen molar-refractivity contribution in [1.82, 2.24) is 9.80 Å². The molecule has 8 aliphatic rings. The van der Waals surface area contributed by atoms with Gasteiger partial charge in [-0.3, -0.25) is 14.6 Å². The normalized spacial score (nSPS) is 43.9. The van der Waals surface area contributed by atoms with E-state index in [9.17, 15) is 0 Å². The molecule has 2 N–H and O–H groups in total. The zero-order chi connectivity index (χ0) is 28.9. The molecule has 4 saturated heterocycles. The van der Waals surface area contributed by atoms with Gasteiger partial charge in [0.25, 0.3) is 0 Å². The average molecular weight is 575 g/mol. The second-order valence-electron chi connectivity index (χ2n) is 15.7. The fourth-order valence-corrected chi connectivity index (χ4v) is 13.2. The SMILES string of the molecule is CCC1CN2CCC34C5=C(CC6(CN5c5ccccc53)C(=O)C3(c5ccccc5N)CCN5CC(CC)C6CC53)C1CC24. The number of hydrogen-bond acceptors (Lipinski definition) is 5. The fraction of sp³-hybridized carbons (Fsp3) is 0.605. The van der Waals surface area contributed by atoms with Crippen LogP contribution in [0, 0.1) is 29.1 Å². The fourth-order valence-electron chi connectivity index (χ4n) is 13.2. The van der Waals surface area contributed by atoms with Crippen molar-refractivity contribution in [2.75, 3.05) is 43.4 Å². The number of piperidine rings is 2.